The van der Waals surface area contributed by atoms with Crippen LogP contribution in [0.4, 0.5) is 13.2 Å². The Labute approximate surface area is 175 Å². The standard InChI is InChI=1S/C20H31F3N4O3/c1-4-29-10-6-9-24-19(26-13-18(28)27(2)3)25-12-16-7-5-8-17(11-16)14-30-15-20(21,22)23/h5,7-8,11H,4,6,9-10,12-15H2,1-3H3,(H2,24,25,26). The van der Waals surface area contributed by atoms with Gasteiger partial charge in [-0.15, -0.1) is 0 Å². The molecule has 0 aliphatic rings. The molecule has 1 rings (SSSR count). The zero-order valence-corrected chi connectivity index (χ0v) is 17.7. The SMILES string of the molecule is CCOCCCNC(=NCc1cccc(COCC(F)(F)F)c1)NCC(=O)N(C)C. The van der Waals surface area contributed by atoms with Crippen LogP contribution >= 0.6 is 0 Å². The first-order valence-electron chi connectivity index (χ1n) is 9.73. The minimum Gasteiger partial charge on any atom is -0.382 e. The summed E-state index contributed by atoms with van der Waals surface area (Å²) in [7, 11) is 3.34. The van der Waals surface area contributed by atoms with Crippen LogP contribution in [0.25, 0.3) is 0 Å². The molecule has 0 aromatic heterocycles. The van der Waals surface area contributed by atoms with Crippen LogP contribution in [0.3, 0.4) is 0 Å². The molecule has 0 fully saturated rings. The third kappa shape index (κ3) is 12.3. The Bertz CT molecular complexity index is 667. The number of amides is 1. The van der Waals surface area contributed by atoms with Gasteiger partial charge in [-0.2, -0.15) is 13.2 Å². The molecule has 1 aromatic carbocycles. The third-order valence-electron chi connectivity index (χ3n) is 3.81. The summed E-state index contributed by atoms with van der Waals surface area (Å²) in [5.74, 6) is 0.378. The predicted molar refractivity (Wildman–Crippen MR) is 109 cm³/mol. The number of guanidine groups is 1. The van der Waals surface area contributed by atoms with E-state index in [1.165, 1.54) is 4.90 Å². The van der Waals surface area contributed by atoms with Crippen molar-refractivity contribution in [2.45, 2.75) is 32.7 Å². The average Bonchev–Trinajstić information content (AvgIpc) is 2.68. The smallest absolute Gasteiger partial charge is 0.382 e. The number of aliphatic imine (C=N–C) groups is 1. The number of likely N-dealkylation sites (N-methyl/N-ethyl adjacent to an activating group) is 1. The molecule has 10 heteroatoms. The Morgan fingerprint density at radius 3 is 2.57 bits per heavy atom. The Morgan fingerprint density at radius 2 is 1.90 bits per heavy atom. The van der Waals surface area contributed by atoms with E-state index in [1.807, 2.05) is 13.0 Å². The first-order chi connectivity index (χ1) is 14.2. The number of carbonyl (C=O) groups is 1. The van der Waals surface area contributed by atoms with Gasteiger partial charge in [-0.05, 0) is 24.5 Å². The first kappa shape index (κ1) is 25.7. The van der Waals surface area contributed by atoms with Crippen molar-refractivity contribution < 1.29 is 27.4 Å². The van der Waals surface area contributed by atoms with Gasteiger partial charge in [-0.25, -0.2) is 4.99 Å². The van der Waals surface area contributed by atoms with E-state index in [2.05, 4.69) is 15.6 Å². The van der Waals surface area contributed by atoms with Crippen molar-refractivity contribution in [1.82, 2.24) is 15.5 Å². The van der Waals surface area contributed by atoms with E-state index in [1.54, 1.807) is 32.3 Å². The lowest BCUT2D eigenvalue weighted by Crippen LogP contribution is -2.43. The number of benzene rings is 1. The molecule has 0 heterocycles. The number of carbonyl (C=O) groups excluding carboxylic acids is 1. The summed E-state index contributed by atoms with van der Waals surface area (Å²) in [6.07, 6.45) is -3.57. The fraction of sp³-hybridized carbons (Fsp3) is 0.600. The van der Waals surface area contributed by atoms with Crippen molar-refractivity contribution in [2.75, 3.05) is 47.0 Å². The molecule has 0 saturated carbocycles. The fourth-order valence-corrected chi connectivity index (χ4v) is 2.29. The lowest BCUT2D eigenvalue weighted by Gasteiger charge is -2.15. The van der Waals surface area contributed by atoms with E-state index < -0.39 is 12.8 Å². The second-order valence-electron chi connectivity index (χ2n) is 6.71. The molecule has 0 aliphatic heterocycles. The van der Waals surface area contributed by atoms with Gasteiger partial charge in [0.05, 0.1) is 19.7 Å². The van der Waals surface area contributed by atoms with Gasteiger partial charge in [-0.3, -0.25) is 4.79 Å². The zero-order valence-electron chi connectivity index (χ0n) is 17.7. The van der Waals surface area contributed by atoms with Gasteiger partial charge in [0.2, 0.25) is 5.91 Å². The maximum absolute atomic E-state index is 12.2. The van der Waals surface area contributed by atoms with Gasteiger partial charge < -0.3 is 25.0 Å². The molecule has 0 aliphatic carbocycles. The molecule has 2 N–H and O–H groups in total. The molecule has 0 atom stereocenters. The highest BCUT2D eigenvalue weighted by atomic mass is 19.4. The minimum atomic E-state index is -4.35. The average molecular weight is 432 g/mol. The van der Waals surface area contributed by atoms with E-state index in [0.717, 1.165) is 12.0 Å². The largest absolute Gasteiger partial charge is 0.411 e. The van der Waals surface area contributed by atoms with Gasteiger partial charge >= 0.3 is 6.18 Å². The van der Waals surface area contributed by atoms with Crippen molar-refractivity contribution in [3.05, 3.63) is 35.4 Å². The van der Waals surface area contributed by atoms with Gasteiger partial charge in [0, 0.05) is 33.9 Å². The lowest BCUT2D eigenvalue weighted by atomic mass is 10.1. The molecule has 0 spiro atoms. The number of alkyl halides is 3. The maximum atomic E-state index is 12.2. The van der Waals surface area contributed by atoms with Crippen LogP contribution in [0.5, 0.6) is 0 Å². The Morgan fingerprint density at radius 1 is 1.17 bits per heavy atom. The Kier molecular flexibility index (Phi) is 11.8. The monoisotopic (exact) mass is 432 g/mol. The highest BCUT2D eigenvalue weighted by molar-refractivity contribution is 5.86. The molecule has 30 heavy (non-hydrogen) atoms. The number of hydrogen-bond acceptors (Lipinski definition) is 4. The summed E-state index contributed by atoms with van der Waals surface area (Å²) in [6, 6.07) is 7.02. The number of halogens is 3. The first-order valence-corrected chi connectivity index (χ1v) is 9.73. The number of nitrogens with one attached hydrogen (secondary N) is 2. The van der Waals surface area contributed by atoms with E-state index in [-0.39, 0.29) is 19.1 Å². The highest BCUT2D eigenvalue weighted by Crippen LogP contribution is 2.16. The molecule has 7 nitrogen and oxygen atoms in total. The fourth-order valence-electron chi connectivity index (χ4n) is 2.29. The van der Waals surface area contributed by atoms with E-state index in [9.17, 15) is 18.0 Å². The van der Waals surface area contributed by atoms with Crippen LogP contribution in [0, 0.1) is 0 Å². The normalized spacial score (nSPS) is 12.0. The molecule has 0 bridgehead atoms. The molecule has 0 radical (unpaired) electrons. The molecule has 0 saturated heterocycles. The number of rotatable bonds is 12. The maximum Gasteiger partial charge on any atom is 0.411 e. The van der Waals surface area contributed by atoms with Crippen LogP contribution in [-0.4, -0.2) is 69.9 Å². The lowest BCUT2D eigenvalue weighted by molar-refractivity contribution is -0.176. The number of nitrogens with zero attached hydrogens (tertiary/aromatic N) is 2. The Balaban J connectivity index is 2.66. The van der Waals surface area contributed by atoms with Gasteiger partial charge in [0.1, 0.15) is 6.61 Å². The summed E-state index contributed by atoms with van der Waals surface area (Å²) in [4.78, 5) is 17.8. The summed E-state index contributed by atoms with van der Waals surface area (Å²) in [5.41, 5.74) is 1.45. The third-order valence-corrected chi connectivity index (χ3v) is 3.81. The zero-order chi connectivity index (χ0) is 22.4. The quantitative estimate of drug-likeness (QED) is 0.301. The summed E-state index contributed by atoms with van der Waals surface area (Å²) in [5, 5.41) is 6.13. The number of hydrogen-bond donors (Lipinski definition) is 2. The van der Waals surface area contributed by atoms with E-state index in [0.29, 0.717) is 37.8 Å². The van der Waals surface area contributed by atoms with Gasteiger partial charge in [0.25, 0.3) is 0 Å². The summed E-state index contributed by atoms with van der Waals surface area (Å²) in [6.45, 7) is 2.79. The van der Waals surface area contributed by atoms with Crippen molar-refractivity contribution in [2.24, 2.45) is 4.99 Å². The summed E-state index contributed by atoms with van der Waals surface area (Å²) < 4.78 is 46.6. The van der Waals surface area contributed by atoms with Gasteiger partial charge in [0.15, 0.2) is 5.96 Å². The van der Waals surface area contributed by atoms with Gasteiger partial charge in [-0.1, -0.05) is 24.3 Å². The molecule has 1 amide bonds. The van der Waals surface area contributed by atoms with Crippen molar-refractivity contribution in [3.8, 4) is 0 Å². The van der Waals surface area contributed by atoms with Crippen LogP contribution in [0.1, 0.15) is 24.5 Å². The van der Waals surface area contributed by atoms with Crippen LogP contribution in [0.15, 0.2) is 29.3 Å². The van der Waals surface area contributed by atoms with Crippen molar-refractivity contribution in [3.63, 3.8) is 0 Å². The molecular weight excluding hydrogens is 401 g/mol. The highest BCUT2D eigenvalue weighted by Gasteiger charge is 2.27. The van der Waals surface area contributed by atoms with Crippen molar-refractivity contribution in [1.29, 1.82) is 0 Å². The molecular formula is C20H31F3N4O3. The molecule has 1 aromatic rings. The Hall–Kier alpha value is -2.33. The number of ether oxygens (including phenoxy) is 2. The predicted octanol–water partition coefficient (Wildman–Crippen LogP) is 2.32. The second kappa shape index (κ2) is 13.8. The minimum absolute atomic E-state index is 0.0929. The van der Waals surface area contributed by atoms with Crippen molar-refractivity contribution >= 4 is 11.9 Å². The van der Waals surface area contributed by atoms with E-state index in [4.69, 9.17) is 9.47 Å². The molecule has 170 valence electrons. The molecule has 0 unspecified atom stereocenters. The van der Waals surface area contributed by atoms with E-state index >= 15 is 0 Å². The second-order valence-corrected chi connectivity index (χ2v) is 6.71. The van der Waals surface area contributed by atoms with Crippen LogP contribution < -0.4 is 10.6 Å². The van der Waals surface area contributed by atoms with Crippen LogP contribution in [0.2, 0.25) is 0 Å². The van der Waals surface area contributed by atoms with Crippen LogP contribution in [-0.2, 0) is 27.4 Å². The topological polar surface area (TPSA) is 75.2 Å². The summed E-state index contributed by atoms with van der Waals surface area (Å²) >= 11 is 0.